The Balaban J connectivity index is 1.93. The number of benzene rings is 2. The summed E-state index contributed by atoms with van der Waals surface area (Å²) >= 11 is 0. The highest BCUT2D eigenvalue weighted by molar-refractivity contribution is 7.89. The van der Waals surface area contributed by atoms with Gasteiger partial charge in [-0.1, -0.05) is 6.92 Å². The van der Waals surface area contributed by atoms with Gasteiger partial charge in [-0.25, -0.2) is 12.8 Å². The van der Waals surface area contributed by atoms with E-state index >= 15 is 0 Å². The first kappa shape index (κ1) is 19.2. The first-order valence-corrected chi connectivity index (χ1v) is 9.93. The highest BCUT2D eigenvalue weighted by Gasteiger charge is 2.31. The highest BCUT2D eigenvalue weighted by Crippen LogP contribution is 2.34. The molecule has 1 heterocycles. The SMILES string of the molecule is CC1CCCN(S(=O)(=O)c2ccc(Oc3ccc(F)cc3)c([N+](=O)[O-])c2)C1. The predicted molar refractivity (Wildman–Crippen MR) is 96.7 cm³/mol. The highest BCUT2D eigenvalue weighted by atomic mass is 32.2. The largest absolute Gasteiger partial charge is 0.450 e. The molecule has 2 aromatic rings. The number of nitro benzene ring substituents is 1. The minimum atomic E-state index is -3.82. The van der Waals surface area contributed by atoms with Gasteiger partial charge in [-0.05, 0) is 55.2 Å². The Morgan fingerprint density at radius 2 is 1.93 bits per heavy atom. The summed E-state index contributed by atoms with van der Waals surface area (Å²) < 4.78 is 45.5. The van der Waals surface area contributed by atoms with E-state index < -0.39 is 26.5 Å². The van der Waals surface area contributed by atoms with Gasteiger partial charge in [-0.2, -0.15) is 4.31 Å². The fraction of sp³-hybridized carbons (Fsp3) is 0.333. The van der Waals surface area contributed by atoms with Gasteiger partial charge < -0.3 is 4.74 Å². The van der Waals surface area contributed by atoms with E-state index in [1.165, 1.54) is 28.6 Å². The summed E-state index contributed by atoms with van der Waals surface area (Å²) in [5.41, 5.74) is -0.467. The predicted octanol–water partition coefficient (Wildman–Crippen LogP) is 3.95. The van der Waals surface area contributed by atoms with E-state index in [2.05, 4.69) is 0 Å². The fourth-order valence-corrected chi connectivity index (χ4v) is 4.65. The van der Waals surface area contributed by atoms with E-state index in [0.29, 0.717) is 13.1 Å². The maximum absolute atomic E-state index is 13.0. The van der Waals surface area contributed by atoms with Crippen LogP contribution in [0.2, 0.25) is 0 Å². The molecule has 1 atom stereocenters. The van der Waals surface area contributed by atoms with Crippen LogP contribution in [0, 0.1) is 21.8 Å². The Labute approximate surface area is 156 Å². The number of rotatable bonds is 5. The number of nitro groups is 1. The van der Waals surface area contributed by atoms with E-state index in [1.807, 2.05) is 6.92 Å². The zero-order chi connectivity index (χ0) is 19.6. The summed E-state index contributed by atoms with van der Waals surface area (Å²) in [7, 11) is -3.82. The normalized spacial score (nSPS) is 18.2. The number of halogens is 1. The molecule has 144 valence electrons. The first-order valence-electron chi connectivity index (χ1n) is 8.49. The van der Waals surface area contributed by atoms with Crippen LogP contribution in [0.3, 0.4) is 0 Å². The van der Waals surface area contributed by atoms with Crippen molar-refractivity contribution in [3.05, 3.63) is 58.4 Å². The monoisotopic (exact) mass is 394 g/mol. The van der Waals surface area contributed by atoms with Gasteiger partial charge in [0.25, 0.3) is 0 Å². The molecule has 0 amide bonds. The van der Waals surface area contributed by atoms with Crippen LogP contribution in [0.25, 0.3) is 0 Å². The van der Waals surface area contributed by atoms with E-state index in [1.54, 1.807) is 0 Å². The minimum Gasteiger partial charge on any atom is -0.450 e. The Hall–Kier alpha value is -2.52. The number of ether oxygens (including phenoxy) is 1. The van der Waals surface area contributed by atoms with Crippen LogP contribution >= 0.6 is 0 Å². The second kappa shape index (κ2) is 7.61. The summed E-state index contributed by atoms with van der Waals surface area (Å²) in [6, 6.07) is 8.54. The number of hydrogen-bond donors (Lipinski definition) is 0. The van der Waals surface area contributed by atoms with Crippen molar-refractivity contribution >= 4 is 15.7 Å². The molecule has 1 aliphatic heterocycles. The van der Waals surface area contributed by atoms with Gasteiger partial charge in [0, 0.05) is 19.2 Å². The van der Waals surface area contributed by atoms with E-state index in [9.17, 15) is 22.9 Å². The second-order valence-corrected chi connectivity index (χ2v) is 8.49. The number of sulfonamides is 1. The zero-order valence-corrected chi connectivity index (χ0v) is 15.5. The molecular formula is C18H19FN2O5S. The maximum atomic E-state index is 13.0. The molecule has 9 heteroatoms. The zero-order valence-electron chi connectivity index (χ0n) is 14.7. The van der Waals surface area contributed by atoms with Crippen LogP contribution < -0.4 is 4.74 Å². The van der Waals surface area contributed by atoms with E-state index in [-0.39, 0.29) is 22.3 Å². The summed E-state index contributed by atoms with van der Waals surface area (Å²) in [5, 5.41) is 11.4. The molecule has 27 heavy (non-hydrogen) atoms. The third-order valence-electron chi connectivity index (χ3n) is 4.43. The van der Waals surface area contributed by atoms with Crippen molar-refractivity contribution in [2.75, 3.05) is 13.1 Å². The lowest BCUT2D eigenvalue weighted by atomic mass is 10.0. The van der Waals surface area contributed by atoms with E-state index in [0.717, 1.165) is 31.0 Å². The molecule has 7 nitrogen and oxygen atoms in total. The lowest BCUT2D eigenvalue weighted by Gasteiger charge is -2.30. The Kier molecular flexibility index (Phi) is 5.43. The van der Waals surface area contributed by atoms with Crippen LogP contribution in [0.1, 0.15) is 19.8 Å². The molecule has 0 saturated carbocycles. The van der Waals surface area contributed by atoms with Crippen molar-refractivity contribution in [1.29, 1.82) is 0 Å². The molecular weight excluding hydrogens is 375 g/mol. The van der Waals surface area contributed by atoms with Crippen molar-refractivity contribution in [3.8, 4) is 11.5 Å². The van der Waals surface area contributed by atoms with Crippen molar-refractivity contribution in [3.63, 3.8) is 0 Å². The molecule has 1 unspecified atom stereocenters. The van der Waals surface area contributed by atoms with Gasteiger partial charge in [0.15, 0.2) is 0 Å². The van der Waals surface area contributed by atoms with E-state index in [4.69, 9.17) is 4.74 Å². The third kappa shape index (κ3) is 4.25. The summed E-state index contributed by atoms with van der Waals surface area (Å²) in [6.07, 6.45) is 1.71. The molecule has 2 aromatic carbocycles. The average molecular weight is 394 g/mol. The van der Waals surface area contributed by atoms with Crippen LogP contribution in [0.5, 0.6) is 11.5 Å². The first-order chi connectivity index (χ1) is 12.8. The lowest BCUT2D eigenvalue weighted by Crippen LogP contribution is -2.39. The Bertz CT molecular complexity index is 947. The standard InChI is InChI=1S/C18H19FN2O5S/c1-13-3-2-10-20(12-13)27(24,25)16-8-9-18(17(11-16)21(22)23)26-15-6-4-14(19)5-7-15/h4-9,11,13H,2-3,10,12H2,1H3. The molecule has 0 bridgehead atoms. The Morgan fingerprint density at radius 3 is 2.56 bits per heavy atom. The second-order valence-electron chi connectivity index (χ2n) is 6.55. The van der Waals surface area contributed by atoms with Crippen LogP contribution in [-0.2, 0) is 10.0 Å². The topological polar surface area (TPSA) is 89.8 Å². The average Bonchev–Trinajstić information content (AvgIpc) is 2.63. The third-order valence-corrected chi connectivity index (χ3v) is 6.29. The van der Waals surface area contributed by atoms with Gasteiger partial charge in [0.1, 0.15) is 11.6 Å². The number of piperidine rings is 1. The molecule has 0 aromatic heterocycles. The molecule has 1 saturated heterocycles. The van der Waals surface area contributed by atoms with Crippen molar-refractivity contribution in [2.24, 2.45) is 5.92 Å². The molecule has 0 aliphatic carbocycles. The van der Waals surface area contributed by atoms with Crippen LogP contribution in [0.4, 0.5) is 10.1 Å². The molecule has 1 aliphatic rings. The van der Waals surface area contributed by atoms with Crippen LogP contribution in [0.15, 0.2) is 47.4 Å². The summed E-state index contributed by atoms with van der Waals surface area (Å²) in [4.78, 5) is 10.6. The minimum absolute atomic E-state index is 0.113. The molecule has 3 rings (SSSR count). The van der Waals surface area contributed by atoms with Gasteiger partial charge in [0.05, 0.1) is 9.82 Å². The summed E-state index contributed by atoms with van der Waals surface area (Å²) in [6.45, 7) is 2.77. The van der Waals surface area contributed by atoms with Gasteiger partial charge in [0.2, 0.25) is 15.8 Å². The van der Waals surface area contributed by atoms with Crippen molar-refractivity contribution in [1.82, 2.24) is 4.31 Å². The molecule has 1 fully saturated rings. The maximum Gasteiger partial charge on any atom is 0.312 e. The van der Waals surface area contributed by atoms with Gasteiger partial charge in [-0.15, -0.1) is 0 Å². The molecule has 0 N–H and O–H groups in total. The Morgan fingerprint density at radius 1 is 1.22 bits per heavy atom. The number of nitrogens with zero attached hydrogens (tertiary/aromatic N) is 2. The van der Waals surface area contributed by atoms with Crippen molar-refractivity contribution < 1.29 is 22.5 Å². The van der Waals surface area contributed by atoms with Gasteiger partial charge in [-0.3, -0.25) is 10.1 Å². The quantitative estimate of drug-likeness (QED) is 0.566. The number of hydrogen-bond acceptors (Lipinski definition) is 5. The molecule has 0 spiro atoms. The lowest BCUT2D eigenvalue weighted by molar-refractivity contribution is -0.385. The summed E-state index contributed by atoms with van der Waals surface area (Å²) in [5.74, 6) is -0.129. The smallest absolute Gasteiger partial charge is 0.312 e. The van der Waals surface area contributed by atoms with Gasteiger partial charge >= 0.3 is 5.69 Å². The fourth-order valence-electron chi connectivity index (χ4n) is 3.03. The molecule has 0 radical (unpaired) electrons. The van der Waals surface area contributed by atoms with Crippen molar-refractivity contribution in [2.45, 2.75) is 24.7 Å². The van der Waals surface area contributed by atoms with Crippen LogP contribution in [-0.4, -0.2) is 30.7 Å².